The molecule has 1 heterocycles. The summed E-state index contributed by atoms with van der Waals surface area (Å²) in [6.07, 6.45) is 2.15. The first-order valence-electron chi connectivity index (χ1n) is 7.08. The molecule has 1 aromatic carbocycles. The number of rotatable bonds is 7. The smallest absolute Gasteiger partial charge is 0.156 e. The summed E-state index contributed by atoms with van der Waals surface area (Å²) in [5.41, 5.74) is 6.69. The fourth-order valence-corrected chi connectivity index (χ4v) is 2.82. The van der Waals surface area contributed by atoms with E-state index in [0.29, 0.717) is 42.5 Å². The van der Waals surface area contributed by atoms with Gasteiger partial charge in [0.1, 0.15) is 17.0 Å². The maximum atomic E-state index is 8.80. The zero-order valence-corrected chi connectivity index (χ0v) is 13.3. The Balaban J connectivity index is 2.25. The lowest BCUT2D eigenvalue weighted by atomic mass is 10.3. The van der Waals surface area contributed by atoms with Crippen LogP contribution >= 0.6 is 11.8 Å². The van der Waals surface area contributed by atoms with Gasteiger partial charge in [0.2, 0.25) is 0 Å². The number of hydrogen-bond acceptors (Lipinski definition) is 7. The standard InChI is InChI=1S/C16H16N6S/c17-8-4-10-22(11-5-9-18)15-14(19)16(21-12-20-15)23-13-6-2-1-3-7-13/h1-3,6-7,12H,4-5,10-11,19H2. The van der Waals surface area contributed by atoms with Crippen molar-refractivity contribution in [3.05, 3.63) is 36.7 Å². The van der Waals surface area contributed by atoms with E-state index < -0.39 is 0 Å². The number of nitriles is 2. The molecule has 2 aromatic rings. The second kappa shape index (κ2) is 8.62. The maximum absolute atomic E-state index is 8.80. The lowest BCUT2D eigenvalue weighted by Crippen LogP contribution is -2.27. The monoisotopic (exact) mass is 324 g/mol. The molecule has 0 spiro atoms. The largest absolute Gasteiger partial charge is 0.394 e. The molecular weight excluding hydrogens is 308 g/mol. The Labute approximate surface area is 139 Å². The van der Waals surface area contributed by atoms with Gasteiger partial charge in [0.15, 0.2) is 5.82 Å². The molecule has 0 fully saturated rings. The molecule has 7 heteroatoms. The normalized spacial score (nSPS) is 9.83. The lowest BCUT2D eigenvalue weighted by Gasteiger charge is -2.23. The number of anilines is 2. The van der Waals surface area contributed by atoms with Crippen LogP contribution in [0.3, 0.4) is 0 Å². The van der Waals surface area contributed by atoms with Crippen molar-refractivity contribution in [1.29, 1.82) is 10.5 Å². The highest BCUT2D eigenvalue weighted by Crippen LogP contribution is 2.34. The molecule has 0 bridgehead atoms. The van der Waals surface area contributed by atoms with Crippen molar-refractivity contribution in [3.8, 4) is 12.1 Å². The van der Waals surface area contributed by atoms with Crippen LogP contribution in [0, 0.1) is 22.7 Å². The number of nitrogens with two attached hydrogens (primary N) is 1. The van der Waals surface area contributed by atoms with Crippen LogP contribution in [0.15, 0.2) is 46.6 Å². The third-order valence-electron chi connectivity index (χ3n) is 3.07. The Bertz CT molecular complexity index is 702. The Kier molecular flexibility index (Phi) is 6.22. The molecule has 0 aliphatic carbocycles. The van der Waals surface area contributed by atoms with Crippen LogP contribution in [0.5, 0.6) is 0 Å². The minimum atomic E-state index is 0.343. The average Bonchev–Trinajstić information content (AvgIpc) is 2.58. The van der Waals surface area contributed by atoms with Crippen molar-refractivity contribution in [2.45, 2.75) is 22.8 Å². The van der Waals surface area contributed by atoms with E-state index in [9.17, 15) is 0 Å². The van der Waals surface area contributed by atoms with Crippen LogP contribution in [-0.2, 0) is 0 Å². The molecular formula is C16H16N6S. The van der Waals surface area contributed by atoms with E-state index >= 15 is 0 Å². The third-order valence-corrected chi connectivity index (χ3v) is 4.10. The summed E-state index contributed by atoms with van der Waals surface area (Å²) in [5.74, 6) is 0.573. The van der Waals surface area contributed by atoms with Crippen molar-refractivity contribution in [3.63, 3.8) is 0 Å². The van der Waals surface area contributed by atoms with Gasteiger partial charge in [0.05, 0.1) is 25.0 Å². The van der Waals surface area contributed by atoms with Crippen molar-refractivity contribution < 1.29 is 0 Å². The molecule has 0 saturated heterocycles. The van der Waals surface area contributed by atoms with Crippen LogP contribution in [0.4, 0.5) is 11.5 Å². The Hall–Kier alpha value is -2.77. The number of hydrogen-bond donors (Lipinski definition) is 1. The van der Waals surface area contributed by atoms with Gasteiger partial charge >= 0.3 is 0 Å². The molecule has 2 rings (SSSR count). The van der Waals surface area contributed by atoms with E-state index in [0.717, 1.165) is 4.90 Å². The summed E-state index contributed by atoms with van der Waals surface area (Å²) in [7, 11) is 0. The predicted octanol–water partition coefficient (Wildman–Crippen LogP) is 2.84. The number of benzene rings is 1. The highest BCUT2D eigenvalue weighted by atomic mass is 32.2. The number of aromatic nitrogens is 2. The molecule has 6 nitrogen and oxygen atoms in total. The zero-order chi connectivity index (χ0) is 16.5. The van der Waals surface area contributed by atoms with E-state index in [1.54, 1.807) is 0 Å². The van der Waals surface area contributed by atoms with Gasteiger partial charge in [-0.15, -0.1) is 0 Å². The SMILES string of the molecule is N#CCCN(CCC#N)c1ncnc(Sc2ccccc2)c1N. The maximum Gasteiger partial charge on any atom is 0.156 e. The van der Waals surface area contributed by atoms with Gasteiger partial charge in [0, 0.05) is 18.0 Å². The first kappa shape index (κ1) is 16.6. The summed E-state index contributed by atoms with van der Waals surface area (Å²) >= 11 is 1.46. The van der Waals surface area contributed by atoms with Gasteiger partial charge in [-0.3, -0.25) is 0 Å². The minimum Gasteiger partial charge on any atom is -0.394 e. The van der Waals surface area contributed by atoms with Crippen molar-refractivity contribution in [2.24, 2.45) is 0 Å². The highest BCUT2D eigenvalue weighted by Gasteiger charge is 2.15. The molecule has 116 valence electrons. The third kappa shape index (κ3) is 4.60. The van der Waals surface area contributed by atoms with E-state index in [4.69, 9.17) is 16.3 Å². The van der Waals surface area contributed by atoms with Crippen molar-refractivity contribution in [1.82, 2.24) is 9.97 Å². The second-order valence-electron chi connectivity index (χ2n) is 4.63. The molecule has 0 radical (unpaired) electrons. The molecule has 0 saturated carbocycles. The molecule has 0 amide bonds. The highest BCUT2D eigenvalue weighted by molar-refractivity contribution is 7.99. The number of nitrogens with zero attached hydrogens (tertiary/aromatic N) is 5. The Morgan fingerprint density at radius 3 is 2.30 bits per heavy atom. The van der Waals surface area contributed by atoms with Gasteiger partial charge in [-0.25, -0.2) is 9.97 Å². The van der Waals surface area contributed by atoms with Crippen molar-refractivity contribution >= 4 is 23.3 Å². The van der Waals surface area contributed by atoms with E-state index in [1.807, 2.05) is 35.2 Å². The topological polar surface area (TPSA) is 103 Å². The van der Waals surface area contributed by atoms with Crippen LogP contribution < -0.4 is 10.6 Å². The average molecular weight is 324 g/mol. The Morgan fingerprint density at radius 1 is 1.04 bits per heavy atom. The van der Waals surface area contributed by atoms with Gasteiger partial charge in [-0.2, -0.15) is 10.5 Å². The van der Waals surface area contributed by atoms with E-state index in [1.165, 1.54) is 18.1 Å². The van der Waals surface area contributed by atoms with Crippen LogP contribution in [0.2, 0.25) is 0 Å². The van der Waals surface area contributed by atoms with Gasteiger partial charge < -0.3 is 10.6 Å². The Morgan fingerprint density at radius 2 is 1.70 bits per heavy atom. The zero-order valence-electron chi connectivity index (χ0n) is 12.5. The first-order chi connectivity index (χ1) is 11.3. The minimum absolute atomic E-state index is 0.343. The summed E-state index contributed by atoms with van der Waals surface area (Å²) in [5, 5.41) is 18.3. The molecule has 23 heavy (non-hydrogen) atoms. The molecule has 1 aromatic heterocycles. The van der Waals surface area contributed by atoms with E-state index in [2.05, 4.69) is 22.1 Å². The number of nitrogen functional groups attached to an aromatic ring is 1. The fraction of sp³-hybridized carbons (Fsp3) is 0.250. The summed E-state index contributed by atoms with van der Waals surface area (Å²) in [6, 6.07) is 14.0. The molecule has 0 unspecified atom stereocenters. The molecule has 2 N–H and O–H groups in total. The summed E-state index contributed by atoms with van der Waals surface area (Å²) in [6.45, 7) is 0.962. The lowest BCUT2D eigenvalue weighted by molar-refractivity contribution is 0.777. The van der Waals surface area contributed by atoms with Crippen LogP contribution in [0.1, 0.15) is 12.8 Å². The fourth-order valence-electron chi connectivity index (χ4n) is 2.00. The van der Waals surface area contributed by atoms with Gasteiger partial charge in [0.25, 0.3) is 0 Å². The predicted molar refractivity (Wildman–Crippen MR) is 89.7 cm³/mol. The molecule has 0 aliphatic rings. The van der Waals surface area contributed by atoms with Gasteiger partial charge in [-0.1, -0.05) is 30.0 Å². The van der Waals surface area contributed by atoms with E-state index in [-0.39, 0.29) is 0 Å². The van der Waals surface area contributed by atoms with Crippen LogP contribution in [0.25, 0.3) is 0 Å². The van der Waals surface area contributed by atoms with Crippen molar-refractivity contribution in [2.75, 3.05) is 23.7 Å². The molecule has 0 aliphatic heterocycles. The second-order valence-corrected chi connectivity index (χ2v) is 5.70. The first-order valence-corrected chi connectivity index (χ1v) is 7.90. The van der Waals surface area contributed by atoms with Gasteiger partial charge in [-0.05, 0) is 12.1 Å². The van der Waals surface area contributed by atoms with Crippen LogP contribution in [-0.4, -0.2) is 23.1 Å². The quantitative estimate of drug-likeness (QED) is 0.781. The summed E-state index contributed by atoms with van der Waals surface area (Å²) in [4.78, 5) is 11.4. The summed E-state index contributed by atoms with van der Waals surface area (Å²) < 4.78 is 0. The molecule has 0 atom stereocenters.